The summed E-state index contributed by atoms with van der Waals surface area (Å²) in [6.45, 7) is 5.15. The Hall–Kier alpha value is -2.53. The van der Waals surface area contributed by atoms with E-state index in [1.807, 2.05) is 12.1 Å². The SMILES string of the molecule is O=C([C@@H]1CCc2ccccc2C1)N(CC[NH+]1CCCC1)Cc1cccc2c1OCO2. The second-order valence-corrected chi connectivity index (χ2v) is 8.83. The normalized spacial score (nSPS) is 20.2. The number of rotatable bonds is 6. The van der Waals surface area contributed by atoms with Gasteiger partial charge in [0, 0.05) is 30.9 Å². The summed E-state index contributed by atoms with van der Waals surface area (Å²) >= 11 is 0. The lowest BCUT2D eigenvalue weighted by Crippen LogP contribution is -3.10. The van der Waals surface area contributed by atoms with Gasteiger partial charge in [0.05, 0.1) is 26.2 Å². The van der Waals surface area contributed by atoms with Crippen LogP contribution in [0.1, 0.15) is 36.0 Å². The Bertz CT molecular complexity index is 907. The number of aryl methyl sites for hydroxylation is 1. The molecule has 0 spiro atoms. The van der Waals surface area contributed by atoms with Gasteiger partial charge in [-0.15, -0.1) is 0 Å². The van der Waals surface area contributed by atoms with Crippen molar-refractivity contribution < 1.29 is 19.2 Å². The van der Waals surface area contributed by atoms with Gasteiger partial charge in [-0.05, 0) is 36.5 Å². The highest BCUT2D eigenvalue weighted by molar-refractivity contribution is 5.79. The molecule has 0 unspecified atom stereocenters. The highest BCUT2D eigenvalue weighted by atomic mass is 16.7. The monoisotopic (exact) mass is 407 g/mol. The average Bonchev–Trinajstić information content (AvgIpc) is 3.48. The molecule has 0 bridgehead atoms. The van der Waals surface area contributed by atoms with E-state index in [-0.39, 0.29) is 12.7 Å². The molecule has 1 atom stereocenters. The van der Waals surface area contributed by atoms with Crippen molar-refractivity contribution >= 4 is 5.91 Å². The maximum absolute atomic E-state index is 13.7. The first kappa shape index (κ1) is 19.4. The minimum absolute atomic E-state index is 0.0717. The van der Waals surface area contributed by atoms with Crippen molar-refractivity contribution in [1.29, 1.82) is 0 Å². The van der Waals surface area contributed by atoms with Crippen LogP contribution in [0.15, 0.2) is 42.5 Å². The number of ether oxygens (including phenoxy) is 2. The molecule has 2 aromatic carbocycles. The average molecular weight is 408 g/mol. The topological polar surface area (TPSA) is 43.2 Å². The third-order valence-electron chi connectivity index (χ3n) is 6.89. The summed E-state index contributed by atoms with van der Waals surface area (Å²) in [6.07, 6.45) is 5.40. The Balaban J connectivity index is 1.34. The Morgan fingerprint density at radius 2 is 1.87 bits per heavy atom. The van der Waals surface area contributed by atoms with Crippen LogP contribution in [0.2, 0.25) is 0 Å². The van der Waals surface area contributed by atoms with Gasteiger partial charge < -0.3 is 19.3 Å². The smallest absolute Gasteiger partial charge is 0.231 e. The molecule has 158 valence electrons. The van der Waals surface area contributed by atoms with Crippen LogP contribution in [-0.4, -0.2) is 43.8 Å². The van der Waals surface area contributed by atoms with Gasteiger partial charge in [0.2, 0.25) is 12.7 Å². The van der Waals surface area contributed by atoms with E-state index >= 15 is 0 Å². The van der Waals surface area contributed by atoms with Crippen molar-refractivity contribution in [1.82, 2.24) is 4.90 Å². The van der Waals surface area contributed by atoms with Gasteiger partial charge >= 0.3 is 0 Å². The number of nitrogens with one attached hydrogen (secondary N) is 1. The van der Waals surface area contributed by atoms with Gasteiger partial charge in [-0.3, -0.25) is 4.79 Å². The van der Waals surface area contributed by atoms with E-state index < -0.39 is 0 Å². The molecule has 3 aliphatic rings. The Kier molecular flexibility index (Phi) is 5.63. The Morgan fingerprint density at radius 1 is 1.03 bits per heavy atom. The molecular weight excluding hydrogens is 376 g/mol. The zero-order valence-electron chi connectivity index (χ0n) is 17.6. The maximum atomic E-state index is 13.7. The summed E-state index contributed by atoms with van der Waals surface area (Å²) in [5.41, 5.74) is 3.79. The predicted molar refractivity (Wildman–Crippen MR) is 115 cm³/mol. The summed E-state index contributed by atoms with van der Waals surface area (Å²) in [5.74, 6) is 1.96. The molecule has 1 aliphatic carbocycles. The fourth-order valence-corrected chi connectivity index (χ4v) is 5.17. The fraction of sp³-hybridized carbons (Fsp3) is 0.480. The molecule has 5 heteroatoms. The number of quaternary nitrogens is 1. The molecule has 0 saturated carbocycles. The molecule has 0 radical (unpaired) electrons. The van der Waals surface area contributed by atoms with E-state index in [1.165, 1.54) is 37.1 Å². The van der Waals surface area contributed by atoms with Gasteiger partial charge in [0.25, 0.3) is 0 Å². The lowest BCUT2D eigenvalue weighted by Gasteiger charge is -2.31. The van der Waals surface area contributed by atoms with Crippen LogP contribution in [-0.2, 0) is 24.2 Å². The number of hydrogen-bond donors (Lipinski definition) is 1. The van der Waals surface area contributed by atoms with E-state index in [0.717, 1.165) is 49.4 Å². The lowest BCUT2D eigenvalue weighted by atomic mass is 9.83. The van der Waals surface area contributed by atoms with E-state index in [1.54, 1.807) is 4.90 Å². The zero-order chi connectivity index (χ0) is 20.3. The number of likely N-dealkylation sites (tertiary alicyclic amines) is 1. The summed E-state index contributed by atoms with van der Waals surface area (Å²) in [7, 11) is 0. The zero-order valence-corrected chi connectivity index (χ0v) is 17.6. The van der Waals surface area contributed by atoms with Gasteiger partial charge in [-0.25, -0.2) is 0 Å². The third kappa shape index (κ3) is 4.04. The molecule has 0 aromatic heterocycles. The number of carbonyl (C=O) groups excluding carboxylic acids is 1. The van der Waals surface area contributed by atoms with E-state index in [2.05, 4.69) is 35.2 Å². The van der Waals surface area contributed by atoms with Gasteiger partial charge in [0.1, 0.15) is 0 Å². The molecule has 5 nitrogen and oxygen atoms in total. The molecule has 1 saturated heterocycles. The van der Waals surface area contributed by atoms with Crippen molar-refractivity contribution in [2.45, 2.75) is 38.6 Å². The molecule has 1 N–H and O–H groups in total. The molecule has 1 fully saturated rings. The van der Waals surface area contributed by atoms with Crippen molar-refractivity contribution in [3.05, 3.63) is 59.2 Å². The van der Waals surface area contributed by atoms with Gasteiger partial charge in [0.15, 0.2) is 11.5 Å². The van der Waals surface area contributed by atoms with Crippen LogP contribution in [0.25, 0.3) is 0 Å². The van der Waals surface area contributed by atoms with E-state index in [9.17, 15) is 4.79 Å². The summed E-state index contributed by atoms with van der Waals surface area (Å²) < 4.78 is 11.3. The Labute approximate surface area is 178 Å². The molecular formula is C25H31N2O3+. The molecule has 2 aliphatic heterocycles. The number of para-hydroxylation sites is 1. The van der Waals surface area contributed by atoms with Crippen LogP contribution in [0.5, 0.6) is 11.5 Å². The third-order valence-corrected chi connectivity index (χ3v) is 6.89. The van der Waals surface area contributed by atoms with Crippen molar-refractivity contribution in [2.24, 2.45) is 5.92 Å². The fourth-order valence-electron chi connectivity index (χ4n) is 5.17. The van der Waals surface area contributed by atoms with Crippen molar-refractivity contribution in [3.63, 3.8) is 0 Å². The predicted octanol–water partition coefficient (Wildman–Crippen LogP) is 2.23. The minimum atomic E-state index is 0.0717. The maximum Gasteiger partial charge on any atom is 0.231 e. The summed E-state index contributed by atoms with van der Waals surface area (Å²) in [6, 6.07) is 14.6. The lowest BCUT2D eigenvalue weighted by molar-refractivity contribution is -0.886. The molecule has 1 amide bonds. The van der Waals surface area contributed by atoms with Gasteiger partial charge in [-0.1, -0.05) is 36.4 Å². The standard InChI is InChI=1S/C25H30N2O3/c28-25(21-11-10-19-6-1-2-7-20(19)16-21)27(15-14-26-12-3-4-13-26)17-22-8-5-9-23-24(22)30-18-29-23/h1-2,5-9,21H,3-4,10-18H2/p+1/t21-/m1/s1. The second-order valence-electron chi connectivity index (χ2n) is 8.83. The number of nitrogens with zero attached hydrogens (tertiary/aromatic N) is 1. The number of hydrogen-bond acceptors (Lipinski definition) is 3. The molecule has 30 heavy (non-hydrogen) atoms. The van der Waals surface area contributed by atoms with Crippen LogP contribution in [0.4, 0.5) is 0 Å². The quantitative estimate of drug-likeness (QED) is 0.799. The van der Waals surface area contributed by atoms with Gasteiger partial charge in [-0.2, -0.15) is 0 Å². The highest BCUT2D eigenvalue weighted by Crippen LogP contribution is 2.36. The second kappa shape index (κ2) is 8.68. The van der Waals surface area contributed by atoms with E-state index in [4.69, 9.17) is 9.47 Å². The van der Waals surface area contributed by atoms with E-state index in [0.29, 0.717) is 12.5 Å². The number of benzene rings is 2. The number of carbonyl (C=O) groups is 1. The first-order valence-electron chi connectivity index (χ1n) is 11.3. The first-order valence-corrected chi connectivity index (χ1v) is 11.3. The van der Waals surface area contributed by atoms with Crippen LogP contribution < -0.4 is 14.4 Å². The number of fused-ring (bicyclic) bond motifs is 2. The largest absolute Gasteiger partial charge is 0.454 e. The van der Waals surface area contributed by atoms with Crippen LogP contribution in [0.3, 0.4) is 0 Å². The van der Waals surface area contributed by atoms with Crippen LogP contribution in [0, 0.1) is 5.92 Å². The Morgan fingerprint density at radius 3 is 2.73 bits per heavy atom. The van der Waals surface area contributed by atoms with Crippen molar-refractivity contribution in [3.8, 4) is 11.5 Å². The summed E-state index contributed by atoms with van der Waals surface area (Å²) in [4.78, 5) is 17.4. The van der Waals surface area contributed by atoms with Crippen LogP contribution >= 0.6 is 0 Å². The number of amides is 1. The first-order chi connectivity index (χ1) is 14.8. The summed E-state index contributed by atoms with van der Waals surface area (Å²) in [5, 5.41) is 0. The highest BCUT2D eigenvalue weighted by Gasteiger charge is 2.30. The molecule has 5 rings (SSSR count). The minimum Gasteiger partial charge on any atom is -0.454 e. The molecule has 2 heterocycles. The molecule has 2 aromatic rings. The van der Waals surface area contributed by atoms with Crippen molar-refractivity contribution in [2.75, 3.05) is 33.0 Å².